The minimum atomic E-state index is -0.130. The number of benzene rings is 1. The Balaban J connectivity index is 2.56. The van der Waals surface area contributed by atoms with Gasteiger partial charge in [0.25, 0.3) is 0 Å². The fraction of sp³-hybridized carbons (Fsp3) is 0.571. The van der Waals surface area contributed by atoms with Gasteiger partial charge < -0.3 is 15.0 Å². The van der Waals surface area contributed by atoms with Crippen molar-refractivity contribution in [3.8, 4) is 0 Å². The van der Waals surface area contributed by atoms with Crippen molar-refractivity contribution in [3.63, 3.8) is 0 Å². The lowest BCUT2D eigenvalue weighted by Crippen LogP contribution is -2.19. The zero-order chi connectivity index (χ0) is 14.1. The molecule has 0 atom stereocenters. The topological polar surface area (TPSA) is 24.5 Å². The van der Waals surface area contributed by atoms with Crippen molar-refractivity contribution in [2.75, 3.05) is 46.7 Å². The molecule has 0 radical (unpaired) electrons. The van der Waals surface area contributed by atoms with Crippen molar-refractivity contribution >= 4 is 11.8 Å². The van der Waals surface area contributed by atoms with Crippen LogP contribution in [0.1, 0.15) is 5.56 Å². The van der Waals surface area contributed by atoms with Crippen LogP contribution >= 0.6 is 11.8 Å². The number of hydrogen-bond acceptors (Lipinski definition) is 4. The molecule has 0 saturated heterocycles. The van der Waals surface area contributed by atoms with Crippen LogP contribution in [-0.4, -0.2) is 51.6 Å². The highest BCUT2D eigenvalue weighted by atomic mass is 32.2. The van der Waals surface area contributed by atoms with Gasteiger partial charge in [-0.05, 0) is 25.7 Å². The zero-order valence-electron chi connectivity index (χ0n) is 11.9. The summed E-state index contributed by atoms with van der Waals surface area (Å²) in [6, 6.07) is 5.26. The summed E-state index contributed by atoms with van der Waals surface area (Å²) in [7, 11) is 5.72. The molecular formula is C14H23FN2OS. The van der Waals surface area contributed by atoms with Crippen LogP contribution in [0, 0.1) is 5.82 Å². The van der Waals surface area contributed by atoms with Crippen molar-refractivity contribution in [3.05, 3.63) is 29.6 Å². The minimum absolute atomic E-state index is 0.130. The van der Waals surface area contributed by atoms with Crippen LogP contribution in [0.25, 0.3) is 0 Å². The van der Waals surface area contributed by atoms with Crippen LogP contribution in [-0.2, 0) is 11.3 Å². The predicted octanol–water partition coefficient (Wildman–Crippen LogP) is 2.22. The third kappa shape index (κ3) is 6.38. The molecule has 0 aliphatic carbocycles. The molecule has 0 fully saturated rings. The Labute approximate surface area is 119 Å². The average molecular weight is 286 g/mol. The second-order valence-corrected chi connectivity index (χ2v) is 5.65. The molecule has 1 aromatic carbocycles. The number of halogens is 1. The minimum Gasteiger partial charge on any atom is -0.383 e. The van der Waals surface area contributed by atoms with E-state index < -0.39 is 0 Å². The van der Waals surface area contributed by atoms with Crippen molar-refractivity contribution in [2.24, 2.45) is 0 Å². The summed E-state index contributed by atoms with van der Waals surface area (Å²) in [6.07, 6.45) is 0. The number of nitrogens with one attached hydrogen (secondary N) is 1. The number of thioether (sulfide) groups is 1. The van der Waals surface area contributed by atoms with Crippen molar-refractivity contribution in [1.29, 1.82) is 0 Å². The molecule has 0 spiro atoms. The summed E-state index contributed by atoms with van der Waals surface area (Å²) in [5.74, 6) is 0.758. The molecule has 3 nitrogen and oxygen atoms in total. The monoisotopic (exact) mass is 286 g/mol. The number of nitrogens with zero attached hydrogens (tertiary/aromatic N) is 1. The van der Waals surface area contributed by atoms with Gasteiger partial charge in [-0.2, -0.15) is 0 Å². The molecule has 108 valence electrons. The Morgan fingerprint density at radius 2 is 2.16 bits per heavy atom. The van der Waals surface area contributed by atoms with E-state index in [4.69, 9.17) is 4.74 Å². The zero-order valence-corrected chi connectivity index (χ0v) is 12.7. The van der Waals surface area contributed by atoms with E-state index in [0.717, 1.165) is 29.3 Å². The maximum atomic E-state index is 13.9. The van der Waals surface area contributed by atoms with E-state index in [2.05, 4.69) is 10.2 Å². The molecule has 5 heteroatoms. The molecule has 0 amide bonds. The molecule has 19 heavy (non-hydrogen) atoms. The lowest BCUT2D eigenvalue weighted by atomic mass is 10.2. The Kier molecular flexibility index (Phi) is 8.05. The van der Waals surface area contributed by atoms with E-state index in [1.54, 1.807) is 24.9 Å². The van der Waals surface area contributed by atoms with Gasteiger partial charge in [-0.1, -0.05) is 12.1 Å². The molecular weight excluding hydrogens is 263 g/mol. The van der Waals surface area contributed by atoms with E-state index in [-0.39, 0.29) is 5.82 Å². The summed E-state index contributed by atoms with van der Waals surface area (Å²) in [5.41, 5.74) is 1.01. The van der Waals surface area contributed by atoms with E-state index in [1.165, 1.54) is 6.07 Å². The van der Waals surface area contributed by atoms with Crippen LogP contribution in [0.3, 0.4) is 0 Å². The highest BCUT2D eigenvalue weighted by Crippen LogP contribution is 2.26. The number of hydrogen-bond donors (Lipinski definition) is 1. The summed E-state index contributed by atoms with van der Waals surface area (Å²) in [5, 5.41) is 3.25. The first-order chi connectivity index (χ1) is 9.15. The maximum absolute atomic E-state index is 13.9. The molecule has 1 N–H and O–H groups in total. The van der Waals surface area contributed by atoms with Crippen LogP contribution in [0.2, 0.25) is 0 Å². The number of ether oxygens (including phenoxy) is 1. The summed E-state index contributed by atoms with van der Waals surface area (Å²) in [4.78, 5) is 2.86. The average Bonchev–Trinajstić information content (AvgIpc) is 2.37. The number of methoxy groups -OCH3 is 1. The van der Waals surface area contributed by atoms with Gasteiger partial charge in [-0.15, -0.1) is 11.8 Å². The molecule has 0 aromatic heterocycles. The molecule has 0 aliphatic rings. The van der Waals surface area contributed by atoms with Crippen LogP contribution in [0.15, 0.2) is 23.1 Å². The van der Waals surface area contributed by atoms with Gasteiger partial charge in [0.2, 0.25) is 0 Å². The molecule has 1 aromatic rings. The standard InChI is InChI=1S/C14H23FN2OS/c1-17(2)8-10-19-14-12(5-4-6-13(14)15)11-16-7-9-18-3/h4-6,16H,7-11H2,1-3H3. The Morgan fingerprint density at radius 3 is 2.84 bits per heavy atom. The van der Waals surface area contributed by atoms with Crippen LogP contribution in [0.4, 0.5) is 4.39 Å². The summed E-state index contributed by atoms with van der Waals surface area (Å²) < 4.78 is 18.8. The van der Waals surface area contributed by atoms with Gasteiger partial charge in [0, 0.05) is 37.4 Å². The fourth-order valence-electron chi connectivity index (χ4n) is 1.58. The second-order valence-electron chi connectivity index (χ2n) is 4.55. The second kappa shape index (κ2) is 9.31. The Hall–Kier alpha value is -0.620. The predicted molar refractivity (Wildman–Crippen MR) is 79.3 cm³/mol. The van der Waals surface area contributed by atoms with Gasteiger partial charge in [0.15, 0.2) is 0 Å². The lowest BCUT2D eigenvalue weighted by molar-refractivity contribution is 0.199. The van der Waals surface area contributed by atoms with E-state index in [0.29, 0.717) is 13.2 Å². The first-order valence-electron chi connectivity index (χ1n) is 6.39. The van der Waals surface area contributed by atoms with Crippen molar-refractivity contribution in [1.82, 2.24) is 10.2 Å². The van der Waals surface area contributed by atoms with Gasteiger partial charge in [0.05, 0.1) is 6.61 Å². The van der Waals surface area contributed by atoms with Gasteiger partial charge in [-0.3, -0.25) is 0 Å². The Morgan fingerprint density at radius 1 is 1.37 bits per heavy atom. The highest BCUT2D eigenvalue weighted by molar-refractivity contribution is 7.99. The smallest absolute Gasteiger partial charge is 0.137 e. The first kappa shape index (κ1) is 16.4. The summed E-state index contributed by atoms with van der Waals surface area (Å²) in [6.45, 7) is 3.05. The maximum Gasteiger partial charge on any atom is 0.137 e. The molecule has 0 aliphatic heterocycles. The quantitative estimate of drug-likeness (QED) is 0.556. The normalized spacial score (nSPS) is 11.2. The molecule has 1 rings (SSSR count). The third-order valence-electron chi connectivity index (χ3n) is 2.63. The first-order valence-corrected chi connectivity index (χ1v) is 7.38. The molecule has 0 heterocycles. The lowest BCUT2D eigenvalue weighted by Gasteiger charge is -2.13. The van der Waals surface area contributed by atoms with Crippen LogP contribution in [0.5, 0.6) is 0 Å². The fourth-order valence-corrected chi connectivity index (χ4v) is 2.77. The van der Waals surface area contributed by atoms with Crippen molar-refractivity contribution < 1.29 is 9.13 Å². The molecule has 0 unspecified atom stereocenters. The van der Waals surface area contributed by atoms with Gasteiger partial charge in [0.1, 0.15) is 5.82 Å². The SMILES string of the molecule is COCCNCc1cccc(F)c1SCCN(C)C. The molecule has 0 bridgehead atoms. The summed E-state index contributed by atoms with van der Waals surface area (Å²) >= 11 is 1.58. The van der Waals surface area contributed by atoms with E-state index in [9.17, 15) is 4.39 Å². The number of rotatable bonds is 9. The largest absolute Gasteiger partial charge is 0.383 e. The van der Waals surface area contributed by atoms with Gasteiger partial charge >= 0.3 is 0 Å². The van der Waals surface area contributed by atoms with Crippen molar-refractivity contribution in [2.45, 2.75) is 11.4 Å². The highest BCUT2D eigenvalue weighted by Gasteiger charge is 2.08. The van der Waals surface area contributed by atoms with Crippen LogP contribution < -0.4 is 5.32 Å². The van der Waals surface area contributed by atoms with E-state index >= 15 is 0 Å². The Bertz CT molecular complexity index is 374. The third-order valence-corrected chi connectivity index (χ3v) is 3.76. The van der Waals surface area contributed by atoms with Gasteiger partial charge in [-0.25, -0.2) is 4.39 Å². The molecule has 0 saturated carbocycles. The van der Waals surface area contributed by atoms with E-state index in [1.807, 2.05) is 20.2 Å².